The number of nitrogens with zero attached hydrogens (tertiary/aromatic N) is 3. The van der Waals surface area contributed by atoms with Crippen LogP contribution in [0, 0.1) is 23.7 Å². The molecule has 5 aliphatic rings. The van der Waals surface area contributed by atoms with Gasteiger partial charge in [-0.2, -0.15) is 0 Å². The molecule has 0 unspecified atom stereocenters. The van der Waals surface area contributed by atoms with Crippen LogP contribution in [-0.4, -0.2) is 13.9 Å². The largest absolute Gasteiger partial charge is 0.347 e. The van der Waals surface area contributed by atoms with Gasteiger partial charge in [0.2, 0.25) is 0 Å². The molecular weight excluding hydrogens is 242 g/mol. The van der Waals surface area contributed by atoms with E-state index in [9.17, 15) is 9.59 Å². The van der Waals surface area contributed by atoms with E-state index < -0.39 is 0 Å². The van der Waals surface area contributed by atoms with Crippen LogP contribution in [0.2, 0.25) is 0 Å². The minimum atomic E-state index is -0.0996. The average molecular weight is 261 g/mol. The number of fused-ring (bicyclic) bond motifs is 7. The molecule has 102 valence electrons. The SMILES string of the molecule is Cn1c(=O)n2n(c1=O)[C@H]1C[C@H]2[C@@H]2C3CCC(CC3)[C@@H]21. The van der Waals surface area contributed by atoms with Gasteiger partial charge >= 0.3 is 11.4 Å². The van der Waals surface area contributed by atoms with Crippen LogP contribution in [0.5, 0.6) is 0 Å². The quantitative estimate of drug-likeness (QED) is 0.696. The van der Waals surface area contributed by atoms with E-state index in [1.54, 1.807) is 16.4 Å². The Morgan fingerprint density at radius 2 is 1.26 bits per heavy atom. The van der Waals surface area contributed by atoms with E-state index in [4.69, 9.17) is 0 Å². The Morgan fingerprint density at radius 3 is 1.68 bits per heavy atom. The molecule has 19 heavy (non-hydrogen) atoms. The van der Waals surface area contributed by atoms with E-state index in [0.717, 1.165) is 18.3 Å². The van der Waals surface area contributed by atoms with Crippen molar-refractivity contribution in [2.45, 2.75) is 44.2 Å². The summed E-state index contributed by atoms with van der Waals surface area (Å²) in [6.07, 6.45) is 6.43. The molecule has 2 heterocycles. The van der Waals surface area contributed by atoms with Crippen molar-refractivity contribution in [1.82, 2.24) is 13.9 Å². The van der Waals surface area contributed by atoms with Gasteiger partial charge < -0.3 is 0 Å². The van der Waals surface area contributed by atoms with E-state index in [0.29, 0.717) is 23.9 Å². The first-order valence-electron chi connectivity index (χ1n) is 7.58. The summed E-state index contributed by atoms with van der Waals surface area (Å²) >= 11 is 0. The third-order valence-electron chi connectivity index (χ3n) is 6.55. The van der Waals surface area contributed by atoms with Crippen LogP contribution in [0.15, 0.2) is 9.59 Å². The molecule has 4 bridgehead atoms. The standard InChI is InChI=1S/C14H19N3O2/c1-15-13(18)16-9-6-10(17(16)14(15)19)12-8-3-2-7(4-5-8)11(9)12/h7-12H,2-6H2,1H3/t7?,8?,9-,10-,11-,12+/m0/s1. The number of aromatic nitrogens is 3. The Balaban J connectivity index is 1.76. The Kier molecular flexibility index (Phi) is 1.70. The van der Waals surface area contributed by atoms with E-state index in [1.165, 1.54) is 30.3 Å². The summed E-state index contributed by atoms with van der Waals surface area (Å²) < 4.78 is 4.89. The lowest BCUT2D eigenvalue weighted by atomic mass is 9.58. The summed E-state index contributed by atoms with van der Waals surface area (Å²) in [5, 5.41) is 0. The van der Waals surface area contributed by atoms with Crippen molar-refractivity contribution in [3.63, 3.8) is 0 Å². The van der Waals surface area contributed by atoms with Crippen molar-refractivity contribution in [2.75, 3.05) is 0 Å². The Bertz CT molecular complexity index is 618. The number of hydrogen-bond acceptors (Lipinski definition) is 2. The first-order valence-corrected chi connectivity index (χ1v) is 7.58. The second-order valence-corrected chi connectivity index (χ2v) is 7.01. The normalized spacial score (nSPS) is 45.5. The van der Waals surface area contributed by atoms with Gasteiger partial charge in [-0.15, -0.1) is 0 Å². The van der Waals surface area contributed by atoms with Crippen LogP contribution in [0.4, 0.5) is 0 Å². The lowest BCUT2D eigenvalue weighted by Gasteiger charge is -2.50. The predicted molar refractivity (Wildman–Crippen MR) is 69.1 cm³/mol. The van der Waals surface area contributed by atoms with Gasteiger partial charge in [-0.25, -0.2) is 23.5 Å². The zero-order valence-corrected chi connectivity index (χ0v) is 11.2. The van der Waals surface area contributed by atoms with Gasteiger partial charge in [0.25, 0.3) is 0 Å². The molecular formula is C14H19N3O2. The molecule has 0 N–H and O–H groups in total. The molecule has 0 saturated heterocycles. The maximum Gasteiger partial charge on any atom is 0.347 e. The highest BCUT2D eigenvalue weighted by Crippen LogP contribution is 2.64. The van der Waals surface area contributed by atoms with Crippen molar-refractivity contribution < 1.29 is 0 Å². The van der Waals surface area contributed by atoms with Gasteiger partial charge in [-0.1, -0.05) is 0 Å². The molecule has 5 nitrogen and oxygen atoms in total. The van der Waals surface area contributed by atoms with Crippen LogP contribution in [0.3, 0.4) is 0 Å². The van der Waals surface area contributed by atoms with Gasteiger partial charge in [-0.3, -0.25) is 0 Å². The molecule has 5 heteroatoms. The van der Waals surface area contributed by atoms with E-state index in [1.807, 2.05) is 0 Å². The molecule has 4 atom stereocenters. The Morgan fingerprint density at radius 1 is 0.842 bits per heavy atom. The lowest BCUT2D eigenvalue weighted by molar-refractivity contribution is -0.0164. The van der Waals surface area contributed by atoms with Crippen molar-refractivity contribution in [2.24, 2.45) is 30.7 Å². The second kappa shape index (κ2) is 3.07. The molecule has 0 amide bonds. The second-order valence-electron chi connectivity index (χ2n) is 7.01. The highest BCUT2D eigenvalue weighted by molar-refractivity contribution is 5.10. The lowest BCUT2D eigenvalue weighted by Crippen LogP contribution is -2.48. The molecule has 4 fully saturated rings. The Hall–Kier alpha value is -1.26. The van der Waals surface area contributed by atoms with Gasteiger partial charge in [0.05, 0.1) is 12.1 Å². The molecule has 1 aromatic rings. The van der Waals surface area contributed by atoms with Crippen molar-refractivity contribution >= 4 is 0 Å². The monoisotopic (exact) mass is 261 g/mol. The van der Waals surface area contributed by atoms with Crippen LogP contribution in [-0.2, 0) is 7.05 Å². The molecule has 6 rings (SSSR count). The molecule has 4 saturated carbocycles. The maximum absolute atomic E-state index is 12.3. The molecule has 0 spiro atoms. The smallest absolute Gasteiger partial charge is 0.246 e. The van der Waals surface area contributed by atoms with Gasteiger partial charge in [0.15, 0.2) is 0 Å². The number of hydrogen-bond donors (Lipinski definition) is 0. The summed E-state index contributed by atoms with van der Waals surface area (Å²) in [5.41, 5.74) is -0.199. The van der Waals surface area contributed by atoms with Crippen molar-refractivity contribution in [3.8, 4) is 0 Å². The fraction of sp³-hybridized carbons (Fsp3) is 0.857. The van der Waals surface area contributed by atoms with Crippen LogP contribution < -0.4 is 11.4 Å². The van der Waals surface area contributed by atoms with Crippen LogP contribution >= 0.6 is 0 Å². The fourth-order valence-electron chi connectivity index (χ4n) is 5.95. The molecule has 4 aliphatic carbocycles. The van der Waals surface area contributed by atoms with E-state index in [-0.39, 0.29) is 11.4 Å². The third kappa shape index (κ3) is 0.986. The summed E-state index contributed by atoms with van der Waals surface area (Å²) in [7, 11) is 1.61. The molecule has 1 aromatic heterocycles. The number of rotatable bonds is 0. The molecule has 0 radical (unpaired) electrons. The average Bonchev–Trinajstić information content (AvgIpc) is 3.09. The van der Waals surface area contributed by atoms with Crippen LogP contribution in [0.25, 0.3) is 0 Å². The van der Waals surface area contributed by atoms with Crippen molar-refractivity contribution in [3.05, 3.63) is 21.0 Å². The van der Waals surface area contributed by atoms with Gasteiger partial charge in [-0.05, 0) is 55.8 Å². The topological polar surface area (TPSA) is 48.9 Å². The fourth-order valence-corrected chi connectivity index (χ4v) is 5.95. The summed E-state index contributed by atoms with van der Waals surface area (Å²) in [6.45, 7) is 0. The van der Waals surface area contributed by atoms with E-state index >= 15 is 0 Å². The zero-order valence-electron chi connectivity index (χ0n) is 11.2. The molecule has 1 aliphatic heterocycles. The maximum atomic E-state index is 12.3. The van der Waals surface area contributed by atoms with Gasteiger partial charge in [0.1, 0.15) is 0 Å². The first-order chi connectivity index (χ1) is 9.18. The highest BCUT2D eigenvalue weighted by atomic mass is 16.2. The predicted octanol–water partition coefficient (Wildman–Crippen LogP) is 0.900. The van der Waals surface area contributed by atoms with Crippen molar-refractivity contribution in [1.29, 1.82) is 0 Å². The summed E-state index contributed by atoms with van der Waals surface area (Å²) in [4.78, 5) is 24.5. The minimum Gasteiger partial charge on any atom is -0.246 e. The molecule has 0 aromatic carbocycles. The Labute approximate surface area is 110 Å². The minimum absolute atomic E-state index is 0.0996. The highest BCUT2D eigenvalue weighted by Gasteiger charge is 2.60. The zero-order chi connectivity index (χ0) is 12.9. The summed E-state index contributed by atoms with van der Waals surface area (Å²) in [5.74, 6) is 2.97. The third-order valence-corrected chi connectivity index (χ3v) is 6.55. The van der Waals surface area contributed by atoms with E-state index in [2.05, 4.69) is 0 Å². The van der Waals surface area contributed by atoms with Gasteiger partial charge in [0, 0.05) is 7.05 Å². The first kappa shape index (κ1) is 10.5. The van der Waals surface area contributed by atoms with Crippen LogP contribution in [0.1, 0.15) is 44.2 Å². The summed E-state index contributed by atoms with van der Waals surface area (Å²) in [6, 6.07) is 0.619.